The molecule has 0 radical (unpaired) electrons. The summed E-state index contributed by atoms with van der Waals surface area (Å²) in [5.74, 6) is -1.46. The minimum Gasteiger partial charge on any atom is -0.478 e. The molecule has 0 heterocycles. The number of carbonyl (C=O) groups is 2. The van der Waals surface area contributed by atoms with Crippen LogP contribution in [0.15, 0.2) is 11.1 Å². The van der Waals surface area contributed by atoms with Gasteiger partial charge in [0.1, 0.15) is 0 Å². The average molecular weight is 198 g/mol. The number of carbonyl (C=O) groups excluding carboxylic acids is 1. The molecule has 4 nitrogen and oxygen atoms in total. The fraction of sp³-hybridized carbons (Fsp3) is 0.600. The molecule has 0 bridgehead atoms. The third-order valence-corrected chi connectivity index (χ3v) is 2.25. The molecule has 14 heavy (non-hydrogen) atoms. The first-order valence-corrected chi connectivity index (χ1v) is 4.79. The highest BCUT2D eigenvalue weighted by atomic mass is 16.5. The van der Waals surface area contributed by atoms with Gasteiger partial charge in [-0.1, -0.05) is 0 Å². The second-order valence-electron chi connectivity index (χ2n) is 3.19. The van der Waals surface area contributed by atoms with Crippen molar-refractivity contribution in [2.45, 2.75) is 32.6 Å². The molecule has 1 rings (SSSR count). The molecule has 0 aromatic carbocycles. The summed E-state index contributed by atoms with van der Waals surface area (Å²) in [5.41, 5.74) is 0.584. The van der Waals surface area contributed by atoms with Crippen molar-refractivity contribution in [1.29, 1.82) is 0 Å². The number of hydrogen-bond donors (Lipinski definition) is 1. The Balaban J connectivity index is 2.88. The van der Waals surface area contributed by atoms with Crippen LogP contribution in [0.3, 0.4) is 0 Å². The molecule has 1 aliphatic carbocycles. The fourth-order valence-corrected chi connectivity index (χ4v) is 1.58. The Hall–Kier alpha value is -1.32. The molecule has 0 aliphatic heterocycles. The summed E-state index contributed by atoms with van der Waals surface area (Å²) in [6, 6.07) is 0. The SMILES string of the molecule is CCOC(=O)C1=C(C(=O)O)CCCC1. The smallest absolute Gasteiger partial charge is 0.334 e. The minimum absolute atomic E-state index is 0.231. The normalized spacial score (nSPS) is 16.6. The second kappa shape index (κ2) is 4.79. The van der Waals surface area contributed by atoms with E-state index in [1.165, 1.54) is 0 Å². The zero-order valence-electron chi connectivity index (χ0n) is 8.21. The maximum atomic E-state index is 11.4. The average Bonchev–Trinajstić information content (AvgIpc) is 2.18. The van der Waals surface area contributed by atoms with Gasteiger partial charge in [-0.05, 0) is 32.6 Å². The van der Waals surface area contributed by atoms with Crippen molar-refractivity contribution in [3.8, 4) is 0 Å². The lowest BCUT2D eigenvalue weighted by atomic mass is 9.92. The monoisotopic (exact) mass is 198 g/mol. The molecule has 0 aromatic rings. The number of carboxylic acids is 1. The lowest BCUT2D eigenvalue weighted by molar-refractivity contribution is -0.140. The van der Waals surface area contributed by atoms with Crippen LogP contribution in [-0.4, -0.2) is 23.7 Å². The molecule has 0 aromatic heterocycles. The van der Waals surface area contributed by atoms with E-state index in [1.807, 2.05) is 0 Å². The summed E-state index contributed by atoms with van der Waals surface area (Å²) in [7, 11) is 0. The Bertz CT molecular complexity index is 278. The Labute approximate surface area is 82.6 Å². The van der Waals surface area contributed by atoms with Crippen LogP contribution in [0, 0.1) is 0 Å². The van der Waals surface area contributed by atoms with Crippen molar-refractivity contribution in [3.63, 3.8) is 0 Å². The Morgan fingerprint density at radius 2 is 1.86 bits per heavy atom. The maximum Gasteiger partial charge on any atom is 0.334 e. The summed E-state index contributed by atoms with van der Waals surface area (Å²) >= 11 is 0. The van der Waals surface area contributed by atoms with Gasteiger partial charge in [0.05, 0.1) is 6.61 Å². The lowest BCUT2D eigenvalue weighted by Gasteiger charge is -2.15. The van der Waals surface area contributed by atoms with Gasteiger partial charge >= 0.3 is 11.9 Å². The van der Waals surface area contributed by atoms with Crippen molar-refractivity contribution in [1.82, 2.24) is 0 Å². The molecule has 0 fully saturated rings. The van der Waals surface area contributed by atoms with Crippen LogP contribution in [0.4, 0.5) is 0 Å². The molecule has 1 N–H and O–H groups in total. The molecule has 1 aliphatic rings. The van der Waals surface area contributed by atoms with Gasteiger partial charge in [-0.15, -0.1) is 0 Å². The van der Waals surface area contributed by atoms with E-state index >= 15 is 0 Å². The molecule has 0 amide bonds. The van der Waals surface area contributed by atoms with Gasteiger partial charge < -0.3 is 9.84 Å². The van der Waals surface area contributed by atoms with Crippen molar-refractivity contribution in [2.75, 3.05) is 6.61 Å². The molecular formula is C10H14O4. The first-order valence-electron chi connectivity index (χ1n) is 4.79. The lowest BCUT2D eigenvalue weighted by Crippen LogP contribution is -2.17. The largest absolute Gasteiger partial charge is 0.478 e. The maximum absolute atomic E-state index is 11.4. The predicted octanol–water partition coefficient (Wildman–Crippen LogP) is 1.50. The fourth-order valence-electron chi connectivity index (χ4n) is 1.58. The Morgan fingerprint density at radius 1 is 1.29 bits per heavy atom. The molecule has 4 heteroatoms. The zero-order chi connectivity index (χ0) is 10.6. The van der Waals surface area contributed by atoms with E-state index in [9.17, 15) is 9.59 Å². The first kappa shape index (κ1) is 10.8. The van der Waals surface area contributed by atoms with Gasteiger partial charge in [0, 0.05) is 11.1 Å². The van der Waals surface area contributed by atoms with E-state index in [4.69, 9.17) is 9.84 Å². The summed E-state index contributed by atoms with van der Waals surface area (Å²) < 4.78 is 4.80. The summed E-state index contributed by atoms with van der Waals surface area (Å²) in [6.45, 7) is 2.00. The third kappa shape index (κ3) is 2.34. The second-order valence-corrected chi connectivity index (χ2v) is 3.19. The molecule has 0 atom stereocenters. The molecule has 0 saturated heterocycles. The van der Waals surface area contributed by atoms with E-state index in [1.54, 1.807) is 6.92 Å². The van der Waals surface area contributed by atoms with Crippen LogP contribution in [0.25, 0.3) is 0 Å². The van der Waals surface area contributed by atoms with Crippen LogP contribution in [-0.2, 0) is 14.3 Å². The quantitative estimate of drug-likeness (QED) is 0.698. The summed E-state index contributed by atoms with van der Waals surface area (Å²) in [6.07, 6.45) is 2.71. The van der Waals surface area contributed by atoms with E-state index in [2.05, 4.69) is 0 Å². The van der Waals surface area contributed by atoms with Gasteiger partial charge in [-0.25, -0.2) is 9.59 Å². The minimum atomic E-state index is -0.993. The first-order chi connectivity index (χ1) is 6.66. The summed E-state index contributed by atoms with van der Waals surface area (Å²) in [4.78, 5) is 22.2. The van der Waals surface area contributed by atoms with E-state index in [0.29, 0.717) is 18.4 Å². The number of ether oxygens (including phenoxy) is 1. The molecule has 78 valence electrons. The molecular weight excluding hydrogens is 184 g/mol. The standard InChI is InChI=1S/C10H14O4/c1-2-14-10(13)8-6-4-3-5-7(8)9(11)12/h2-6H2,1H3,(H,11,12). The third-order valence-electron chi connectivity index (χ3n) is 2.25. The zero-order valence-corrected chi connectivity index (χ0v) is 8.21. The van der Waals surface area contributed by atoms with Crippen molar-refractivity contribution < 1.29 is 19.4 Å². The van der Waals surface area contributed by atoms with Crippen LogP contribution in [0.5, 0.6) is 0 Å². The van der Waals surface area contributed by atoms with Gasteiger partial charge in [-0.2, -0.15) is 0 Å². The number of rotatable bonds is 3. The molecule has 0 spiro atoms. The van der Waals surface area contributed by atoms with Crippen LogP contribution < -0.4 is 0 Å². The van der Waals surface area contributed by atoms with Crippen molar-refractivity contribution >= 4 is 11.9 Å². The highest BCUT2D eigenvalue weighted by Gasteiger charge is 2.24. The van der Waals surface area contributed by atoms with Gasteiger partial charge in [0.2, 0.25) is 0 Å². The van der Waals surface area contributed by atoms with Crippen LogP contribution in [0.2, 0.25) is 0 Å². The number of hydrogen-bond acceptors (Lipinski definition) is 3. The Morgan fingerprint density at radius 3 is 2.36 bits per heavy atom. The molecule has 0 unspecified atom stereocenters. The van der Waals surface area contributed by atoms with Crippen molar-refractivity contribution in [3.05, 3.63) is 11.1 Å². The van der Waals surface area contributed by atoms with Crippen LogP contribution >= 0.6 is 0 Å². The number of esters is 1. The van der Waals surface area contributed by atoms with Gasteiger partial charge in [0.25, 0.3) is 0 Å². The number of aliphatic carboxylic acids is 1. The highest BCUT2D eigenvalue weighted by Crippen LogP contribution is 2.25. The molecule has 0 saturated carbocycles. The van der Waals surface area contributed by atoms with Crippen molar-refractivity contribution in [2.24, 2.45) is 0 Å². The number of carboxylic acid groups (broad SMARTS) is 1. The highest BCUT2D eigenvalue weighted by molar-refractivity contribution is 5.99. The van der Waals surface area contributed by atoms with E-state index in [0.717, 1.165) is 12.8 Å². The summed E-state index contributed by atoms with van der Waals surface area (Å²) in [5, 5.41) is 8.86. The predicted molar refractivity (Wildman–Crippen MR) is 49.8 cm³/mol. The topological polar surface area (TPSA) is 63.6 Å². The van der Waals surface area contributed by atoms with Gasteiger partial charge in [0.15, 0.2) is 0 Å². The van der Waals surface area contributed by atoms with Gasteiger partial charge in [-0.3, -0.25) is 0 Å². The van der Waals surface area contributed by atoms with E-state index < -0.39 is 11.9 Å². The Kier molecular flexibility index (Phi) is 3.68. The van der Waals surface area contributed by atoms with E-state index in [-0.39, 0.29) is 12.2 Å². The van der Waals surface area contributed by atoms with Crippen LogP contribution in [0.1, 0.15) is 32.6 Å².